The average Bonchev–Trinajstić information content (AvgIpc) is 2.89. The summed E-state index contributed by atoms with van der Waals surface area (Å²) in [7, 11) is 0. The molecule has 0 bridgehead atoms. The molecular weight excluding hydrogens is 288 g/mol. The van der Waals surface area contributed by atoms with Crippen LogP contribution in [0, 0.1) is 0 Å². The van der Waals surface area contributed by atoms with Crippen molar-refractivity contribution in [3.05, 3.63) is 65.5 Å². The van der Waals surface area contributed by atoms with E-state index in [2.05, 4.69) is 4.98 Å². The van der Waals surface area contributed by atoms with Crippen molar-refractivity contribution in [2.75, 3.05) is 0 Å². The average molecular weight is 299 g/mol. The van der Waals surface area contributed by atoms with E-state index in [0.29, 0.717) is 5.02 Å². The van der Waals surface area contributed by atoms with Gasteiger partial charge in [-0.1, -0.05) is 29.8 Å². The summed E-state index contributed by atoms with van der Waals surface area (Å²) in [6.45, 7) is 0. The minimum Gasteiger partial charge on any atom is -0.478 e. The Kier molecular flexibility index (Phi) is 3.46. The Labute approximate surface area is 125 Å². The van der Waals surface area contributed by atoms with Crippen LogP contribution < -0.4 is 0 Å². The van der Waals surface area contributed by atoms with Crippen LogP contribution in [-0.4, -0.2) is 20.6 Å². The number of carboxylic acid groups (broad SMARTS) is 1. The van der Waals surface area contributed by atoms with Crippen molar-refractivity contribution in [1.82, 2.24) is 9.55 Å². The molecule has 0 atom stereocenters. The van der Waals surface area contributed by atoms with Gasteiger partial charge in [0.2, 0.25) is 0 Å². The summed E-state index contributed by atoms with van der Waals surface area (Å²) in [5, 5.41) is 9.37. The summed E-state index contributed by atoms with van der Waals surface area (Å²) in [6, 6.07) is 13.0. The van der Waals surface area contributed by atoms with Crippen molar-refractivity contribution in [3.8, 4) is 5.69 Å². The number of aromatic nitrogens is 2. The molecule has 0 radical (unpaired) electrons. The number of carboxylic acids is 1. The van der Waals surface area contributed by atoms with Crippen molar-refractivity contribution in [1.29, 1.82) is 0 Å². The van der Waals surface area contributed by atoms with E-state index in [1.54, 1.807) is 30.6 Å². The van der Waals surface area contributed by atoms with Gasteiger partial charge in [0.25, 0.3) is 0 Å². The van der Waals surface area contributed by atoms with Crippen molar-refractivity contribution in [2.45, 2.75) is 0 Å². The maximum Gasteiger partial charge on any atom is 0.328 e. The predicted octanol–water partition coefficient (Wildman–Crippen LogP) is 3.78. The first-order valence-corrected chi connectivity index (χ1v) is 6.66. The van der Waals surface area contributed by atoms with Gasteiger partial charge in [-0.15, -0.1) is 0 Å². The molecule has 1 N–H and O–H groups in total. The van der Waals surface area contributed by atoms with Crippen LogP contribution in [0.25, 0.3) is 22.8 Å². The summed E-state index contributed by atoms with van der Waals surface area (Å²) in [5.74, 6) is -0.994. The Balaban J connectivity index is 2.21. The van der Waals surface area contributed by atoms with Crippen LogP contribution >= 0.6 is 11.6 Å². The lowest BCUT2D eigenvalue weighted by atomic mass is 10.1. The minimum atomic E-state index is -0.994. The van der Waals surface area contributed by atoms with Crippen LogP contribution in [-0.2, 0) is 4.79 Å². The first-order valence-electron chi connectivity index (χ1n) is 6.28. The lowest BCUT2D eigenvalue weighted by molar-refractivity contribution is -0.131. The number of imidazole rings is 1. The molecule has 0 fully saturated rings. The molecule has 0 aliphatic rings. The fourth-order valence-electron chi connectivity index (χ4n) is 2.18. The van der Waals surface area contributed by atoms with Gasteiger partial charge in [-0.3, -0.25) is 4.57 Å². The van der Waals surface area contributed by atoms with E-state index in [1.807, 2.05) is 28.8 Å². The maximum atomic E-state index is 10.7. The first kappa shape index (κ1) is 13.4. The number of hydrogen-bond donors (Lipinski definition) is 1. The Hall–Kier alpha value is -2.59. The monoisotopic (exact) mass is 298 g/mol. The topological polar surface area (TPSA) is 55.1 Å². The molecule has 104 valence electrons. The van der Waals surface area contributed by atoms with Gasteiger partial charge in [0, 0.05) is 11.1 Å². The van der Waals surface area contributed by atoms with E-state index in [0.717, 1.165) is 28.4 Å². The zero-order chi connectivity index (χ0) is 14.8. The molecule has 0 saturated carbocycles. The molecule has 0 amide bonds. The normalized spacial score (nSPS) is 11.3. The highest BCUT2D eigenvalue weighted by Crippen LogP contribution is 2.25. The quantitative estimate of drug-likeness (QED) is 0.749. The predicted molar refractivity (Wildman–Crippen MR) is 82.7 cm³/mol. The third kappa shape index (κ3) is 2.66. The number of benzene rings is 2. The fraction of sp³-hybridized carbons (Fsp3) is 0. The summed E-state index contributed by atoms with van der Waals surface area (Å²) in [4.78, 5) is 15.1. The van der Waals surface area contributed by atoms with E-state index in [4.69, 9.17) is 16.7 Å². The molecule has 5 heteroatoms. The van der Waals surface area contributed by atoms with E-state index in [9.17, 15) is 4.79 Å². The van der Waals surface area contributed by atoms with E-state index < -0.39 is 5.97 Å². The second-order valence-corrected chi connectivity index (χ2v) is 4.91. The molecule has 2 aromatic carbocycles. The molecular formula is C16H11ClN2O2. The number of rotatable bonds is 3. The second kappa shape index (κ2) is 5.42. The number of nitrogens with zero attached hydrogens (tertiary/aromatic N) is 2. The summed E-state index contributed by atoms with van der Waals surface area (Å²) < 4.78 is 1.89. The lowest BCUT2D eigenvalue weighted by Crippen LogP contribution is -1.96. The molecule has 1 aromatic heterocycles. The van der Waals surface area contributed by atoms with Gasteiger partial charge < -0.3 is 5.11 Å². The number of fused-ring (bicyclic) bond motifs is 1. The summed E-state index contributed by atoms with van der Waals surface area (Å²) >= 11 is 6.07. The third-order valence-electron chi connectivity index (χ3n) is 3.11. The van der Waals surface area contributed by atoms with Gasteiger partial charge in [0.15, 0.2) is 0 Å². The maximum absolute atomic E-state index is 10.7. The Morgan fingerprint density at radius 2 is 2.05 bits per heavy atom. The summed E-state index contributed by atoms with van der Waals surface area (Å²) in [6.07, 6.45) is 4.35. The molecule has 21 heavy (non-hydrogen) atoms. The highest BCUT2D eigenvalue weighted by atomic mass is 35.5. The standard InChI is InChI=1S/C16H11ClN2O2/c17-12-7-5-11(6-8-16(20)21)15(9-12)19-10-18-13-3-1-2-4-14(13)19/h1-10H,(H,20,21)/b8-6+. The van der Waals surface area contributed by atoms with E-state index >= 15 is 0 Å². The largest absolute Gasteiger partial charge is 0.478 e. The van der Waals surface area contributed by atoms with Crippen LogP contribution in [0.4, 0.5) is 0 Å². The zero-order valence-electron chi connectivity index (χ0n) is 10.9. The van der Waals surface area contributed by atoms with Crippen LogP contribution in [0.1, 0.15) is 5.56 Å². The second-order valence-electron chi connectivity index (χ2n) is 4.48. The van der Waals surface area contributed by atoms with Gasteiger partial charge in [-0.05, 0) is 35.9 Å². The van der Waals surface area contributed by atoms with Gasteiger partial charge >= 0.3 is 5.97 Å². The van der Waals surface area contributed by atoms with Crippen LogP contribution in [0.3, 0.4) is 0 Å². The molecule has 3 aromatic rings. The highest BCUT2D eigenvalue weighted by molar-refractivity contribution is 6.30. The van der Waals surface area contributed by atoms with Crippen LogP contribution in [0.15, 0.2) is 54.9 Å². The Morgan fingerprint density at radius 1 is 1.24 bits per heavy atom. The fourth-order valence-corrected chi connectivity index (χ4v) is 2.34. The SMILES string of the molecule is O=C(O)/C=C/c1ccc(Cl)cc1-n1cnc2ccccc21. The number of hydrogen-bond acceptors (Lipinski definition) is 2. The van der Waals surface area contributed by atoms with Crippen LogP contribution in [0.2, 0.25) is 5.02 Å². The molecule has 0 aliphatic heterocycles. The molecule has 4 nitrogen and oxygen atoms in total. The first-order chi connectivity index (χ1) is 10.1. The van der Waals surface area contributed by atoms with Gasteiger partial charge in [0.05, 0.1) is 16.7 Å². The zero-order valence-corrected chi connectivity index (χ0v) is 11.7. The molecule has 0 spiro atoms. The lowest BCUT2D eigenvalue weighted by Gasteiger charge is -2.09. The highest BCUT2D eigenvalue weighted by Gasteiger charge is 2.08. The molecule has 3 rings (SSSR count). The van der Waals surface area contributed by atoms with Gasteiger partial charge in [-0.2, -0.15) is 0 Å². The Bertz CT molecular complexity index is 852. The van der Waals surface area contributed by atoms with Crippen molar-refractivity contribution in [3.63, 3.8) is 0 Å². The molecule has 0 aliphatic carbocycles. The van der Waals surface area contributed by atoms with Crippen molar-refractivity contribution in [2.24, 2.45) is 0 Å². The smallest absolute Gasteiger partial charge is 0.328 e. The van der Waals surface area contributed by atoms with Crippen molar-refractivity contribution < 1.29 is 9.90 Å². The molecule has 0 saturated heterocycles. The number of para-hydroxylation sites is 2. The van der Waals surface area contributed by atoms with Crippen LogP contribution in [0.5, 0.6) is 0 Å². The number of halogens is 1. The van der Waals surface area contributed by atoms with Gasteiger partial charge in [0.1, 0.15) is 6.33 Å². The number of carbonyl (C=O) groups is 1. The Morgan fingerprint density at radius 3 is 2.86 bits per heavy atom. The third-order valence-corrected chi connectivity index (χ3v) is 3.35. The molecule has 1 heterocycles. The van der Waals surface area contributed by atoms with E-state index in [-0.39, 0.29) is 0 Å². The van der Waals surface area contributed by atoms with E-state index in [1.165, 1.54) is 0 Å². The van der Waals surface area contributed by atoms with Crippen molar-refractivity contribution >= 4 is 34.7 Å². The number of aliphatic carboxylic acids is 1. The molecule has 0 unspecified atom stereocenters. The van der Waals surface area contributed by atoms with Gasteiger partial charge in [-0.25, -0.2) is 9.78 Å². The minimum absolute atomic E-state index is 0.579. The summed E-state index contributed by atoms with van der Waals surface area (Å²) in [5.41, 5.74) is 3.34.